The van der Waals surface area contributed by atoms with Gasteiger partial charge in [0.25, 0.3) is 5.91 Å². The van der Waals surface area contributed by atoms with Crippen LogP contribution in [0.3, 0.4) is 0 Å². The highest BCUT2D eigenvalue weighted by atomic mass is 35.5. The number of aromatic nitrogens is 1. The Labute approximate surface area is 208 Å². The normalized spacial score (nSPS) is 11.8. The molecule has 1 atom stereocenters. The van der Waals surface area contributed by atoms with Crippen LogP contribution in [-0.2, 0) is 27.5 Å². The van der Waals surface area contributed by atoms with Gasteiger partial charge >= 0.3 is 5.97 Å². The smallest absolute Gasteiger partial charge is 0.331 e. The van der Waals surface area contributed by atoms with Crippen LogP contribution < -0.4 is 14.8 Å². The lowest BCUT2D eigenvalue weighted by Gasteiger charge is -2.13. The molecule has 1 unspecified atom stereocenters. The number of hydrogen-bond acceptors (Lipinski definition) is 7. The Balaban J connectivity index is 1.52. The first-order valence-electron chi connectivity index (χ1n) is 10.9. The molecule has 184 valence electrons. The quantitative estimate of drug-likeness (QED) is 0.316. The van der Waals surface area contributed by atoms with Crippen molar-refractivity contribution in [1.82, 2.24) is 10.5 Å². The van der Waals surface area contributed by atoms with Crippen molar-refractivity contribution in [3.05, 3.63) is 81.7 Å². The molecule has 35 heavy (non-hydrogen) atoms. The van der Waals surface area contributed by atoms with Crippen molar-refractivity contribution < 1.29 is 28.3 Å². The minimum Gasteiger partial charge on any atom is -0.493 e. The van der Waals surface area contributed by atoms with E-state index in [9.17, 15) is 9.59 Å². The van der Waals surface area contributed by atoms with Crippen LogP contribution >= 0.6 is 11.6 Å². The zero-order valence-corrected chi connectivity index (χ0v) is 20.7. The maximum atomic E-state index is 12.2. The number of nitrogens with one attached hydrogen (secondary N) is 1. The second kappa shape index (κ2) is 12.1. The number of carbonyl (C=O) groups excluding carboxylic acids is 2. The number of ether oxygens (including phenoxy) is 3. The third kappa shape index (κ3) is 7.35. The Morgan fingerprint density at radius 1 is 1.14 bits per heavy atom. The van der Waals surface area contributed by atoms with Crippen LogP contribution in [0.2, 0.25) is 5.02 Å². The number of benzene rings is 2. The van der Waals surface area contributed by atoms with Crippen LogP contribution in [0, 0.1) is 13.8 Å². The molecule has 9 heteroatoms. The van der Waals surface area contributed by atoms with Crippen LogP contribution in [0.15, 0.2) is 53.1 Å². The van der Waals surface area contributed by atoms with E-state index in [1.54, 1.807) is 36.4 Å². The van der Waals surface area contributed by atoms with E-state index in [4.69, 9.17) is 30.3 Å². The third-order valence-corrected chi connectivity index (χ3v) is 5.45. The first-order valence-corrected chi connectivity index (χ1v) is 11.3. The highest BCUT2D eigenvalue weighted by molar-refractivity contribution is 6.30. The summed E-state index contributed by atoms with van der Waals surface area (Å²) >= 11 is 5.85. The Bertz CT molecular complexity index is 1180. The average molecular weight is 499 g/mol. The molecule has 3 aromatic rings. The van der Waals surface area contributed by atoms with Crippen LogP contribution in [-0.4, -0.2) is 30.2 Å². The van der Waals surface area contributed by atoms with E-state index in [2.05, 4.69) is 10.5 Å². The number of rotatable bonds is 10. The minimum atomic E-state index is -0.950. The molecule has 0 saturated heterocycles. The maximum Gasteiger partial charge on any atom is 0.331 e. The number of nitrogens with zero attached hydrogens (tertiary/aromatic N) is 1. The molecule has 0 bridgehead atoms. The number of methoxy groups -OCH3 is 1. The summed E-state index contributed by atoms with van der Waals surface area (Å²) in [4.78, 5) is 24.4. The summed E-state index contributed by atoms with van der Waals surface area (Å²) in [6, 6.07) is 12.3. The molecule has 0 saturated carbocycles. The number of hydrogen-bond donors (Lipinski definition) is 1. The van der Waals surface area contributed by atoms with Crippen molar-refractivity contribution >= 4 is 29.6 Å². The Morgan fingerprint density at radius 2 is 1.89 bits per heavy atom. The summed E-state index contributed by atoms with van der Waals surface area (Å²) in [5, 5.41) is 7.26. The van der Waals surface area contributed by atoms with Crippen molar-refractivity contribution in [2.75, 3.05) is 7.11 Å². The molecule has 0 aliphatic carbocycles. The predicted molar refractivity (Wildman–Crippen MR) is 131 cm³/mol. The Morgan fingerprint density at radius 3 is 2.54 bits per heavy atom. The lowest BCUT2D eigenvalue weighted by molar-refractivity contribution is -0.150. The van der Waals surface area contributed by atoms with Crippen molar-refractivity contribution in [3.63, 3.8) is 0 Å². The van der Waals surface area contributed by atoms with Crippen LogP contribution in [0.5, 0.6) is 11.5 Å². The molecular formula is C26H27ClN2O6. The highest BCUT2D eigenvalue weighted by Gasteiger charge is 2.16. The topological polar surface area (TPSA) is 99.9 Å². The highest BCUT2D eigenvalue weighted by Crippen LogP contribution is 2.30. The summed E-state index contributed by atoms with van der Waals surface area (Å²) in [5.74, 6) is 0.702. The molecule has 0 fully saturated rings. The van der Waals surface area contributed by atoms with Gasteiger partial charge in [-0.25, -0.2) is 4.79 Å². The lowest BCUT2D eigenvalue weighted by Crippen LogP contribution is -2.35. The van der Waals surface area contributed by atoms with Crippen molar-refractivity contribution in [2.45, 2.75) is 40.0 Å². The molecule has 8 nitrogen and oxygen atoms in total. The molecular weight excluding hydrogens is 472 g/mol. The Kier molecular flexibility index (Phi) is 8.92. The zero-order valence-electron chi connectivity index (χ0n) is 20.0. The summed E-state index contributed by atoms with van der Waals surface area (Å²) in [6.45, 7) is 5.78. The van der Waals surface area contributed by atoms with Gasteiger partial charge in [-0.2, -0.15) is 0 Å². The summed E-state index contributed by atoms with van der Waals surface area (Å²) in [7, 11) is 1.53. The fraction of sp³-hybridized carbons (Fsp3) is 0.269. The molecule has 0 aliphatic rings. The van der Waals surface area contributed by atoms with E-state index >= 15 is 0 Å². The van der Waals surface area contributed by atoms with Crippen LogP contribution in [0.1, 0.15) is 35.1 Å². The van der Waals surface area contributed by atoms with Crippen molar-refractivity contribution in [3.8, 4) is 11.5 Å². The van der Waals surface area contributed by atoms with Gasteiger partial charge in [0, 0.05) is 17.6 Å². The third-order valence-electron chi connectivity index (χ3n) is 5.19. The Hall–Kier alpha value is -3.78. The van der Waals surface area contributed by atoms with Crippen LogP contribution in [0.25, 0.3) is 6.08 Å². The fourth-order valence-electron chi connectivity index (χ4n) is 3.13. The fourth-order valence-corrected chi connectivity index (χ4v) is 3.26. The molecule has 2 aromatic carbocycles. The van der Waals surface area contributed by atoms with Gasteiger partial charge in [0.1, 0.15) is 12.4 Å². The molecule has 1 aromatic heterocycles. The van der Waals surface area contributed by atoms with Gasteiger partial charge in [-0.15, -0.1) is 0 Å². The SMILES string of the molecule is COc1cc(/C=C/C(=O)OC(C)C(=O)NCc2ccc(Cl)cc2)ccc1OCc1c(C)noc1C. The predicted octanol–water partition coefficient (Wildman–Crippen LogP) is 4.79. The van der Waals surface area contributed by atoms with Gasteiger partial charge in [0.2, 0.25) is 0 Å². The number of carbonyl (C=O) groups is 2. The summed E-state index contributed by atoms with van der Waals surface area (Å²) < 4.78 is 21.6. The molecule has 1 heterocycles. The van der Waals surface area contributed by atoms with E-state index in [0.717, 1.165) is 16.8 Å². The largest absolute Gasteiger partial charge is 0.493 e. The summed E-state index contributed by atoms with van der Waals surface area (Å²) in [5.41, 5.74) is 3.23. The average Bonchev–Trinajstić information content (AvgIpc) is 3.17. The number of halogens is 1. The molecule has 0 spiro atoms. The molecule has 3 rings (SSSR count). The maximum absolute atomic E-state index is 12.2. The van der Waals surface area contributed by atoms with Crippen molar-refractivity contribution in [2.24, 2.45) is 0 Å². The van der Waals surface area contributed by atoms with E-state index in [0.29, 0.717) is 34.4 Å². The molecule has 1 amide bonds. The van der Waals surface area contributed by atoms with E-state index < -0.39 is 18.0 Å². The molecule has 0 aliphatic heterocycles. The lowest BCUT2D eigenvalue weighted by atomic mass is 10.2. The molecule has 1 N–H and O–H groups in total. The van der Waals surface area contributed by atoms with E-state index in [-0.39, 0.29) is 6.61 Å². The van der Waals surface area contributed by atoms with Gasteiger partial charge in [0.05, 0.1) is 18.4 Å². The monoisotopic (exact) mass is 498 g/mol. The standard InChI is InChI=1S/C26H27ClN2O6/c1-16-22(17(2)35-29-16)15-33-23-11-7-19(13-24(23)32-4)8-12-25(30)34-18(3)26(31)28-14-20-5-9-21(27)10-6-20/h5-13,18H,14-15H2,1-4H3,(H,28,31)/b12-8+. The van der Waals surface area contributed by atoms with Gasteiger partial charge in [-0.05, 0) is 62.2 Å². The van der Waals surface area contributed by atoms with Gasteiger partial charge in [0.15, 0.2) is 17.6 Å². The second-order valence-electron chi connectivity index (χ2n) is 7.76. The summed E-state index contributed by atoms with van der Waals surface area (Å²) in [6.07, 6.45) is 1.87. The minimum absolute atomic E-state index is 0.289. The van der Waals surface area contributed by atoms with Crippen molar-refractivity contribution in [1.29, 1.82) is 0 Å². The van der Waals surface area contributed by atoms with Gasteiger partial charge in [-0.1, -0.05) is 35.0 Å². The molecule has 0 radical (unpaired) electrons. The van der Waals surface area contributed by atoms with Crippen LogP contribution in [0.4, 0.5) is 0 Å². The number of esters is 1. The second-order valence-corrected chi connectivity index (χ2v) is 8.19. The van der Waals surface area contributed by atoms with Gasteiger partial charge in [-0.3, -0.25) is 4.79 Å². The first kappa shape index (κ1) is 25.8. The van der Waals surface area contributed by atoms with Gasteiger partial charge < -0.3 is 24.1 Å². The van der Waals surface area contributed by atoms with E-state index in [1.807, 2.05) is 26.0 Å². The first-order chi connectivity index (χ1) is 16.8. The zero-order chi connectivity index (χ0) is 25.4. The number of amides is 1. The number of aryl methyl sites for hydroxylation is 2. The van der Waals surface area contributed by atoms with E-state index in [1.165, 1.54) is 20.1 Å².